The van der Waals surface area contributed by atoms with E-state index in [0.29, 0.717) is 0 Å². The van der Waals surface area contributed by atoms with Crippen molar-refractivity contribution in [3.63, 3.8) is 0 Å². The smallest absolute Gasteiger partial charge is 0.0583 e. The standard InChI is InChI=1S/C2H2ClN3/c3-6-2-1-4-5-6/h1-2H/p+1. The molecule has 4 heteroatoms. The quantitative estimate of drug-likeness (QED) is 0.482. The van der Waals surface area contributed by atoms with Crippen LogP contribution in [0, 0.1) is 0 Å². The zero-order valence-corrected chi connectivity index (χ0v) is 3.68. The molecule has 0 fully saturated rings. The van der Waals surface area contributed by atoms with Gasteiger partial charge in [0.15, 0.2) is 18.0 Å². The first-order chi connectivity index (χ1) is 2.89. The van der Waals surface area contributed by atoms with Gasteiger partial charge >= 0.3 is 0 Å². The Morgan fingerprint density at radius 2 is 2.67 bits per heavy atom. The van der Waals surface area contributed by atoms with Crippen LogP contribution < -0.4 is 4.20 Å². The molecule has 1 N–H and O–H groups in total. The van der Waals surface area contributed by atoms with Crippen LogP contribution in [0.3, 0.4) is 0 Å². The maximum absolute atomic E-state index is 5.25. The number of halogens is 1. The molecule has 6 heavy (non-hydrogen) atoms. The number of hydrogen-bond donors (Lipinski definition) is 1. The number of nitrogens with one attached hydrogen (secondary N) is 1. The van der Waals surface area contributed by atoms with Crippen LogP contribution in [0.5, 0.6) is 0 Å². The molecule has 0 aliphatic heterocycles. The van der Waals surface area contributed by atoms with E-state index >= 15 is 0 Å². The van der Waals surface area contributed by atoms with Crippen molar-refractivity contribution in [2.24, 2.45) is 0 Å². The Labute approximate surface area is 39.6 Å². The Kier molecular flexibility index (Phi) is 0.759. The molecule has 32 valence electrons. The van der Waals surface area contributed by atoms with Crippen LogP contribution in [0.25, 0.3) is 0 Å². The Morgan fingerprint density at radius 1 is 1.83 bits per heavy atom. The summed E-state index contributed by atoms with van der Waals surface area (Å²) in [7, 11) is 0. The lowest BCUT2D eigenvalue weighted by molar-refractivity contribution is -0.588. The average Bonchev–Trinajstić information content (AvgIpc) is 1.86. The molecule has 0 atom stereocenters. The van der Waals surface area contributed by atoms with E-state index in [9.17, 15) is 0 Å². The number of aromatic nitrogens is 3. The van der Waals surface area contributed by atoms with E-state index in [0.717, 1.165) is 0 Å². The van der Waals surface area contributed by atoms with Gasteiger partial charge in [-0.1, -0.05) is 4.20 Å². The van der Waals surface area contributed by atoms with Crippen molar-refractivity contribution >= 4 is 11.8 Å². The molecule has 0 aromatic carbocycles. The van der Waals surface area contributed by atoms with E-state index in [1.807, 2.05) is 0 Å². The number of aromatic amines is 1. The van der Waals surface area contributed by atoms with E-state index in [2.05, 4.69) is 10.3 Å². The zero-order valence-electron chi connectivity index (χ0n) is 2.93. The Morgan fingerprint density at radius 3 is 2.83 bits per heavy atom. The lowest BCUT2D eigenvalue weighted by atomic mass is 11.0. The number of nitrogens with zero attached hydrogens (tertiary/aromatic N) is 2. The summed E-state index contributed by atoms with van der Waals surface area (Å²) >= 11 is 5.25. The van der Waals surface area contributed by atoms with E-state index in [1.54, 1.807) is 12.4 Å². The summed E-state index contributed by atoms with van der Waals surface area (Å²) in [5.41, 5.74) is 0. The fourth-order valence-corrected chi connectivity index (χ4v) is 0.308. The predicted octanol–water partition coefficient (Wildman–Crippen LogP) is -0.301. The molecule has 0 aliphatic carbocycles. The lowest BCUT2D eigenvalue weighted by Gasteiger charge is -1.59. The van der Waals surface area contributed by atoms with Gasteiger partial charge in [0.05, 0.1) is 0 Å². The fraction of sp³-hybridized carbons (Fsp3) is 0. The average molecular weight is 105 g/mol. The Hall–Kier alpha value is -0.570. The molecule has 0 radical (unpaired) electrons. The molecule has 1 aromatic heterocycles. The molecule has 0 saturated heterocycles. The SMILES string of the molecule is Cl[n+]1ccn[nH]1. The summed E-state index contributed by atoms with van der Waals surface area (Å²) < 4.78 is 1.24. The molecule has 0 saturated carbocycles. The van der Waals surface area contributed by atoms with Crippen LogP contribution in [0.4, 0.5) is 0 Å². The first kappa shape index (κ1) is 3.61. The molecule has 0 amide bonds. The second kappa shape index (κ2) is 1.26. The van der Waals surface area contributed by atoms with Gasteiger partial charge in [-0.05, 0) is 5.21 Å². The van der Waals surface area contributed by atoms with Gasteiger partial charge < -0.3 is 0 Å². The minimum absolute atomic E-state index is 1.24. The highest BCUT2D eigenvalue weighted by Crippen LogP contribution is 1.60. The third kappa shape index (κ3) is 0.490. The third-order valence-corrected chi connectivity index (χ3v) is 0.614. The van der Waals surface area contributed by atoms with Gasteiger partial charge in [0.1, 0.15) is 0 Å². The normalized spacial score (nSPS) is 8.83. The minimum Gasteiger partial charge on any atom is -0.0583 e. The molecule has 0 spiro atoms. The first-order valence-corrected chi connectivity index (χ1v) is 1.80. The van der Waals surface area contributed by atoms with Crippen molar-refractivity contribution < 1.29 is 4.20 Å². The van der Waals surface area contributed by atoms with Gasteiger partial charge in [0.25, 0.3) is 0 Å². The third-order valence-electron chi connectivity index (χ3n) is 0.425. The van der Waals surface area contributed by atoms with Gasteiger partial charge in [-0.2, -0.15) is 0 Å². The summed E-state index contributed by atoms with van der Waals surface area (Å²) in [5.74, 6) is 0. The van der Waals surface area contributed by atoms with E-state index in [-0.39, 0.29) is 0 Å². The van der Waals surface area contributed by atoms with Crippen LogP contribution in [0.1, 0.15) is 0 Å². The van der Waals surface area contributed by atoms with Crippen molar-refractivity contribution in [3.05, 3.63) is 12.4 Å². The van der Waals surface area contributed by atoms with Gasteiger partial charge in [-0.3, -0.25) is 0 Å². The molecule has 0 unspecified atom stereocenters. The molecule has 1 heterocycles. The van der Waals surface area contributed by atoms with Crippen LogP contribution in [0.15, 0.2) is 12.4 Å². The molecule has 3 nitrogen and oxygen atoms in total. The largest absolute Gasteiger partial charge is 0.208 e. The van der Waals surface area contributed by atoms with Crippen LogP contribution in [-0.2, 0) is 0 Å². The van der Waals surface area contributed by atoms with Crippen molar-refractivity contribution in [3.8, 4) is 0 Å². The summed E-state index contributed by atoms with van der Waals surface area (Å²) in [5, 5.41) is 5.96. The molecular formula is C2H3ClN3+. The van der Waals surface area contributed by atoms with Gasteiger partial charge in [0, 0.05) is 5.10 Å². The number of H-pyrrole nitrogens is 1. The molecule has 0 bridgehead atoms. The minimum atomic E-state index is 1.24. The Balaban J connectivity index is 3.05. The van der Waals surface area contributed by atoms with Gasteiger partial charge in [-0.25, -0.2) is 0 Å². The number of hydrogen-bond acceptors (Lipinski definition) is 1. The fourth-order valence-electron chi connectivity index (χ4n) is 0.214. The predicted molar refractivity (Wildman–Crippen MR) is 20.0 cm³/mol. The van der Waals surface area contributed by atoms with Gasteiger partial charge in [0.2, 0.25) is 6.20 Å². The second-order valence-electron chi connectivity index (χ2n) is 0.838. The topological polar surface area (TPSA) is 32.6 Å². The van der Waals surface area contributed by atoms with Gasteiger partial charge in [-0.15, -0.1) is 0 Å². The van der Waals surface area contributed by atoms with E-state index in [4.69, 9.17) is 11.8 Å². The summed E-state index contributed by atoms with van der Waals surface area (Å²) in [6, 6.07) is 0. The van der Waals surface area contributed by atoms with Crippen molar-refractivity contribution in [2.75, 3.05) is 0 Å². The molecule has 1 rings (SSSR count). The summed E-state index contributed by atoms with van der Waals surface area (Å²) in [6.07, 6.45) is 3.16. The van der Waals surface area contributed by atoms with Crippen molar-refractivity contribution in [1.82, 2.24) is 10.3 Å². The van der Waals surface area contributed by atoms with Crippen LogP contribution >= 0.6 is 11.8 Å². The highest BCUT2D eigenvalue weighted by molar-refractivity contribution is 6.03. The maximum Gasteiger partial charge on any atom is 0.208 e. The lowest BCUT2D eigenvalue weighted by Crippen LogP contribution is -2.19. The molecule has 1 aromatic rings. The summed E-state index contributed by atoms with van der Waals surface area (Å²) in [6.45, 7) is 0. The van der Waals surface area contributed by atoms with E-state index in [1.165, 1.54) is 4.20 Å². The molecular weight excluding hydrogens is 101 g/mol. The van der Waals surface area contributed by atoms with Crippen molar-refractivity contribution in [1.29, 1.82) is 0 Å². The van der Waals surface area contributed by atoms with Crippen molar-refractivity contribution in [2.45, 2.75) is 0 Å². The van der Waals surface area contributed by atoms with E-state index < -0.39 is 0 Å². The maximum atomic E-state index is 5.25. The monoisotopic (exact) mass is 104 g/mol. The van der Waals surface area contributed by atoms with Crippen LogP contribution in [0.2, 0.25) is 0 Å². The number of rotatable bonds is 0. The summed E-state index contributed by atoms with van der Waals surface area (Å²) in [4.78, 5) is 0. The highest BCUT2D eigenvalue weighted by Gasteiger charge is 1.85. The highest BCUT2D eigenvalue weighted by atomic mass is 35.5. The Bertz CT molecular complexity index is 112. The first-order valence-electron chi connectivity index (χ1n) is 1.47. The zero-order chi connectivity index (χ0) is 4.41. The van der Waals surface area contributed by atoms with Crippen LogP contribution in [-0.4, -0.2) is 10.3 Å². The second-order valence-corrected chi connectivity index (χ2v) is 1.20. The molecule has 0 aliphatic rings.